The van der Waals surface area contributed by atoms with E-state index < -0.39 is 0 Å². The Labute approximate surface area is 214 Å². The van der Waals surface area contributed by atoms with Crippen LogP contribution in [0.15, 0.2) is 47.2 Å². The van der Waals surface area contributed by atoms with E-state index in [1.807, 2.05) is 24.4 Å². The number of aromatic amines is 1. The average molecular weight is 488 g/mol. The van der Waals surface area contributed by atoms with Crippen LogP contribution in [0, 0.1) is 34.5 Å². The van der Waals surface area contributed by atoms with Gasteiger partial charge >= 0.3 is 0 Å². The number of rotatable bonds is 4. The summed E-state index contributed by atoms with van der Waals surface area (Å²) in [5.41, 5.74) is 8.11. The van der Waals surface area contributed by atoms with Crippen LogP contribution in [0.2, 0.25) is 0 Å². The van der Waals surface area contributed by atoms with E-state index in [2.05, 4.69) is 48.4 Å². The molecule has 0 radical (unpaired) electrons. The largest absolute Gasteiger partial charge is 0.393 e. The molecule has 0 aliphatic heterocycles. The van der Waals surface area contributed by atoms with Crippen molar-refractivity contribution < 1.29 is 9.90 Å². The van der Waals surface area contributed by atoms with E-state index in [9.17, 15) is 9.90 Å². The second kappa shape index (κ2) is 8.86. The number of carbonyl (C=O) groups excluding carboxylic acids is 1. The number of hydrogen-bond acceptors (Lipinski definition) is 3. The Morgan fingerprint density at radius 3 is 2.83 bits per heavy atom. The molecule has 1 heterocycles. The maximum Gasteiger partial charge on any atom is 0.244 e. The van der Waals surface area contributed by atoms with Gasteiger partial charge in [0.05, 0.1) is 12.5 Å². The van der Waals surface area contributed by atoms with Gasteiger partial charge in [-0.25, -0.2) is 5.43 Å². The summed E-state index contributed by atoms with van der Waals surface area (Å²) < 4.78 is 0. The predicted octanol–water partition coefficient (Wildman–Crippen LogP) is 6.14. The number of aliphatic hydroxyl groups excluding tert-OH is 1. The lowest BCUT2D eigenvalue weighted by Crippen LogP contribution is -2.51. The van der Waals surface area contributed by atoms with Gasteiger partial charge in [0.15, 0.2) is 0 Å². The van der Waals surface area contributed by atoms with E-state index in [0.717, 1.165) is 59.2 Å². The van der Waals surface area contributed by atoms with E-state index in [1.165, 1.54) is 37.7 Å². The number of H-pyrrole nitrogens is 1. The number of amides is 1. The number of nitrogens with one attached hydrogen (secondary N) is 2. The minimum absolute atomic E-state index is 0.0557. The zero-order valence-corrected chi connectivity index (χ0v) is 22.0. The van der Waals surface area contributed by atoms with Crippen molar-refractivity contribution in [2.45, 2.75) is 84.7 Å². The predicted molar refractivity (Wildman–Crippen MR) is 144 cm³/mol. The molecule has 7 atom stereocenters. The molecule has 5 heteroatoms. The molecule has 5 nitrogen and oxygen atoms in total. The molecule has 4 aliphatic rings. The summed E-state index contributed by atoms with van der Waals surface area (Å²) in [6, 6.07) is 8.10. The number of aliphatic hydroxyl groups is 1. The molecule has 3 fully saturated rings. The first-order valence-electron chi connectivity index (χ1n) is 14.0. The van der Waals surface area contributed by atoms with Gasteiger partial charge in [-0.3, -0.25) is 4.79 Å². The number of fused-ring (bicyclic) bond motifs is 6. The van der Waals surface area contributed by atoms with Crippen LogP contribution < -0.4 is 5.43 Å². The molecule has 0 spiro atoms. The topological polar surface area (TPSA) is 77.5 Å². The van der Waals surface area contributed by atoms with Crippen molar-refractivity contribution in [3.05, 3.63) is 47.7 Å². The van der Waals surface area contributed by atoms with Crippen LogP contribution in [-0.2, 0) is 11.2 Å². The smallest absolute Gasteiger partial charge is 0.244 e. The molecule has 36 heavy (non-hydrogen) atoms. The first kappa shape index (κ1) is 24.0. The van der Waals surface area contributed by atoms with Crippen LogP contribution in [0.5, 0.6) is 0 Å². The molecular weight excluding hydrogens is 446 g/mol. The van der Waals surface area contributed by atoms with Crippen molar-refractivity contribution in [2.24, 2.45) is 39.6 Å². The zero-order chi connectivity index (χ0) is 25.1. The fourth-order valence-corrected chi connectivity index (χ4v) is 9.05. The van der Waals surface area contributed by atoms with Gasteiger partial charge in [0, 0.05) is 28.7 Å². The summed E-state index contributed by atoms with van der Waals surface area (Å²) in [5, 5.41) is 16.0. The van der Waals surface area contributed by atoms with Crippen LogP contribution in [-0.4, -0.2) is 27.8 Å². The van der Waals surface area contributed by atoms with E-state index in [1.54, 1.807) is 0 Å². The maximum atomic E-state index is 12.8. The van der Waals surface area contributed by atoms with Gasteiger partial charge < -0.3 is 10.1 Å². The monoisotopic (exact) mass is 487 g/mol. The van der Waals surface area contributed by atoms with Crippen LogP contribution in [0.3, 0.4) is 0 Å². The highest BCUT2D eigenvalue weighted by Gasteiger charge is 2.59. The standard InChI is InChI=1S/C31H41N3O2/c1-19(33-34-29(36)16-20-18-32-28-7-5-4-6-23(20)28)25-10-11-26-24-9-8-21-17-22(35)12-14-30(21,2)27(24)13-15-31(25,26)3/h4-8,18,22,24-27,32,35H,9-17H2,1-3H3,(H,34,36)/b33-19+. The van der Waals surface area contributed by atoms with Gasteiger partial charge in [0.25, 0.3) is 0 Å². The van der Waals surface area contributed by atoms with Crippen molar-refractivity contribution >= 4 is 22.5 Å². The van der Waals surface area contributed by atoms with Crippen LogP contribution in [0.1, 0.15) is 77.7 Å². The summed E-state index contributed by atoms with van der Waals surface area (Å²) >= 11 is 0. The number of hydrogen-bond donors (Lipinski definition) is 3. The lowest BCUT2D eigenvalue weighted by Gasteiger charge is -2.58. The summed E-state index contributed by atoms with van der Waals surface area (Å²) in [6.45, 7) is 7.12. The maximum absolute atomic E-state index is 12.8. The first-order chi connectivity index (χ1) is 17.3. The second-order valence-electron chi connectivity index (χ2n) is 12.7. The highest BCUT2D eigenvalue weighted by Crippen LogP contribution is 2.66. The van der Waals surface area contributed by atoms with Crippen LogP contribution in [0.25, 0.3) is 10.9 Å². The first-order valence-corrected chi connectivity index (χ1v) is 14.0. The lowest BCUT2D eigenvalue weighted by molar-refractivity contribution is -0.120. The quantitative estimate of drug-likeness (QED) is 0.275. The van der Waals surface area contributed by atoms with Gasteiger partial charge in [-0.15, -0.1) is 0 Å². The molecule has 3 N–H and O–H groups in total. The van der Waals surface area contributed by atoms with Gasteiger partial charge in [-0.05, 0) is 98.5 Å². The highest BCUT2D eigenvalue weighted by atomic mass is 16.3. The Hall–Kier alpha value is -2.40. The molecule has 3 saturated carbocycles. The number of allylic oxidation sites excluding steroid dienone is 1. The molecular formula is C31H41N3O2. The van der Waals surface area contributed by atoms with Gasteiger partial charge in [0.2, 0.25) is 5.91 Å². The molecule has 192 valence electrons. The van der Waals surface area contributed by atoms with Crippen molar-refractivity contribution in [2.75, 3.05) is 0 Å². The number of nitrogens with zero attached hydrogens (tertiary/aromatic N) is 1. The summed E-state index contributed by atoms with van der Waals surface area (Å²) in [5.74, 6) is 2.58. The number of hydrazone groups is 1. The number of carbonyl (C=O) groups is 1. The van der Waals surface area contributed by atoms with Gasteiger partial charge in [-0.2, -0.15) is 5.10 Å². The van der Waals surface area contributed by atoms with E-state index in [-0.39, 0.29) is 22.8 Å². The molecule has 7 unspecified atom stereocenters. The Morgan fingerprint density at radius 1 is 1.14 bits per heavy atom. The molecule has 6 rings (SSSR count). The molecule has 1 amide bonds. The van der Waals surface area contributed by atoms with Crippen molar-refractivity contribution in [1.29, 1.82) is 0 Å². The Kier molecular flexibility index (Phi) is 5.90. The fraction of sp³-hybridized carbons (Fsp3) is 0.613. The normalized spacial score (nSPS) is 38.2. The minimum Gasteiger partial charge on any atom is -0.393 e. The van der Waals surface area contributed by atoms with Gasteiger partial charge in [-0.1, -0.05) is 43.7 Å². The number of benzene rings is 1. The third-order valence-corrected chi connectivity index (χ3v) is 11.0. The lowest BCUT2D eigenvalue weighted by atomic mass is 9.47. The molecule has 2 aromatic rings. The number of aromatic nitrogens is 1. The summed E-state index contributed by atoms with van der Waals surface area (Å²) in [4.78, 5) is 16.0. The third kappa shape index (κ3) is 3.77. The Bertz CT molecular complexity index is 1230. The van der Waals surface area contributed by atoms with Crippen LogP contribution in [0.4, 0.5) is 0 Å². The molecule has 0 bridgehead atoms. The van der Waals surface area contributed by atoms with E-state index >= 15 is 0 Å². The van der Waals surface area contributed by atoms with Gasteiger partial charge in [0.1, 0.15) is 0 Å². The Balaban J connectivity index is 1.15. The van der Waals surface area contributed by atoms with Crippen molar-refractivity contribution in [3.8, 4) is 0 Å². The second-order valence-corrected chi connectivity index (χ2v) is 12.7. The molecule has 4 aliphatic carbocycles. The molecule has 1 aromatic carbocycles. The SMILES string of the molecule is C/C(=N\NC(=O)Cc1c[nH]c2ccccc12)C1CCC2C3CC=C4CC(O)CCC4(C)C3CCC12C. The average Bonchev–Trinajstić information content (AvgIpc) is 3.44. The van der Waals surface area contributed by atoms with E-state index in [4.69, 9.17) is 0 Å². The highest BCUT2D eigenvalue weighted by molar-refractivity contribution is 5.90. The van der Waals surface area contributed by atoms with Crippen molar-refractivity contribution in [3.63, 3.8) is 0 Å². The van der Waals surface area contributed by atoms with E-state index in [0.29, 0.717) is 12.3 Å². The Morgan fingerprint density at radius 2 is 1.97 bits per heavy atom. The summed E-state index contributed by atoms with van der Waals surface area (Å²) in [7, 11) is 0. The van der Waals surface area contributed by atoms with Crippen LogP contribution >= 0.6 is 0 Å². The zero-order valence-electron chi connectivity index (χ0n) is 22.0. The summed E-state index contributed by atoms with van der Waals surface area (Å²) in [6.07, 6.45) is 13.7. The molecule has 0 saturated heterocycles. The third-order valence-electron chi connectivity index (χ3n) is 11.0. The fourth-order valence-electron chi connectivity index (χ4n) is 9.05. The number of para-hydroxylation sites is 1. The van der Waals surface area contributed by atoms with Crippen molar-refractivity contribution in [1.82, 2.24) is 10.4 Å². The molecule has 1 aromatic heterocycles. The minimum atomic E-state index is -0.143.